The summed E-state index contributed by atoms with van der Waals surface area (Å²) < 4.78 is 6.20. The smallest absolute Gasteiger partial charge is 0.331 e. The Morgan fingerprint density at radius 2 is 2.12 bits per heavy atom. The molecule has 1 atom stereocenters. The lowest BCUT2D eigenvalue weighted by Crippen LogP contribution is -2.07. The van der Waals surface area contributed by atoms with Crippen molar-refractivity contribution in [3.8, 4) is 0 Å². The van der Waals surface area contributed by atoms with Crippen LogP contribution in [0.4, 0.5) is 0 Å². The Labute approximate surface area is 151 Å². The van der Waals surface area contributed by atoms with Crippen molar-refractivity contribution in [1.29, 1.82) is 0 Å². The zero-order chi connectivity index (χ0) is 17.1. The molecule has 1 unspecified atom stereocenters. The maximum atomic E-state index is 11.9. The van der Waals surface area contributed by atoms with Crippen LogP contribution < -0.4 is 0 Å². The van der Waals surface area contributed by atoms with Crippen LogP contribution in [0.2, 0.25) is 5.02 Å². The molecule has 7 heteroatoms. The highest BCUT2D eigenvalue weighted by molar-refractivity contribution is 9.10. The summed E-state index contributed by atoms with van der Waals surface area (Å²) in [6, 6.07) is 9.02. The number of aromatic amines is 1. The van der Waals surface area contributed by atoms with E-state index in [-0.39, 0.29) is 0 Å². The van der Waals surface area contributed by atoms with Crippen LogP contribution in [0, 0.1) is 0 Å². The molecule has 0 amide bonds. The normalized spacial score (nSPS) is 12.6. The molecular weight excluding hydrogens is 394 g/mol. The molecule has 0 fully saturated rings. The summed E-state index contributed by atoms with van der Waals surface area (Å²) in [5.41, 5.74) is 2.22. The lowest BCUT2D eigenvalue weighted by atomic mass is 10.2. The van der Waals surface area contributed by atoms with Crippen molar-refractivity contribution >= 4 is 50.7 Å². The van der Waals surface area contributed by atoms with E-state index in [1.54, 1.807) is 31.3 Å². The van der Waals surface area contributed by atoms with Gasteiger partial charge >= 0.3 is 5.97 Å². The first-order valence-corrected chi connectivity index (χ1v) is 8.34. The largest absolute Gasteiger partial charge is 0.451 e. The van der Waals surface area contributed by atoms with Crippen LogP contribution in [-0.4, -0.2) is 20.9 Å². The molecule has 0 aliphatic carbocycles. The molecule has 122 valence electrons. The Kier molecular flexibility index (Phi) is 4.97. The summed E-state index contributed by atoms with van der Waals surface area (Å²) in [5.74, 6) is 0.0934. The van der Waals surface area contributed by atoms with Crippen molar-refractivity contribution in [1.82, 2.24) is 15.0 Å². The van der Waals surface area contributed by atoms with Crippen molar-refractivity contribution in [3.63, 3.8) is 0 Å². The summed E-state index contributed by atoms with van der Waals surface area (Å²) in [6.07, 6.45) is 4.19. The summed E-state index contributed by atoms with van der Waals surface area (Å²) in [4.78, 5) is 23.6. The Hall–Kier alpha value is -2.18. The molecule has 24 heavy (non-hydrogen) atoms. The Bertz CT molecular complexity index is 906. The number of hydrogen-bond acceptors (Lipinski definition) is 4. The van der Waals surface area contributed by atoms with E-state index in [2.05, 4.69) is 30.9 Å². The van der Waals surface area contributed by atoms with Gasteiger partial charge in [-0.2, -0.15) is 0 Å². The highest BCUT2D eigenvalue weighted by Crippen LogP contribution is 2.20. The molecule has 0 spiro atoms. The number of nitrogens with zero attached hydrogens (tertiary/aromatic N) is 2. The maximum Gasteiger partial charge on any atom is 0.331 e. The van der Waals surface area contributed by atoms with Crippen molar-refractivity contribution in [3.05, 3.63) is 63.5 Å². The van der Waals surface area contributed by atoms with Crippen LogP contribution in [0.1, 0.15) is 24.4 Å². The van der Waals surface area contributed by atoms with Crippen LogP contribution in [0.3, 0.4) is 0 Å². The zero-order valence-corrected chi connectivity index (χ0v) is 15.0. The van der Waals surface area contributed by atoms with E-state index >= 15 is 0 Å². The van der Waals surface area contributed by atoms with E-state index in [4.69, 9.17) is 16.3 Å². The standard InChI is InChI=1S/C17H13BrClN3O2/c1-10(16-21-14-8-12(18)9-20-17(14)22-16)24-15(23)7-4-11-2-5-13(19)6-3-11/h2-10H,1H3,(H,20,21,22)/b7-4+. The van der Waals surface area contributed by atoms with Gasteiger partial charge in [-0.15, -0.1) is 0 Å². The van der Waals surface area contributed by atoms with Gasteiger partial charge in [-0.05, 0) is 52.7 Å². The average molecular weight is 407 g/mol. The third-order valence-electron chi connectivity index (χ3n) is 3.28. The van der Waals surface area contributed by atoms with Gasteiger partial charge in [-0.3, -0.25) is 0 Å². The number of ether oxygens (including phenoxy) is 1. The van der Waals surface area contributed by atoms with Gasteiger partial charge < -0.3 is 9.72 Å². The van der Waals surface area contributed by atoms with Gasteiger partial charge in [-0.25, -0.2) is 14.8 Å². The molecular formula is C17H13BrClN3O2. The average Bonchev–Trinajstić information content (AvgIpc) is 2.97. The third kappa shape index (κ3) is 4.01. The van der Waals surface area contributed by atoms with Gasteiger partial charge in [0.2, 0.25) is 0 Å². The molecule has 1 N–H and O–H groups in total. The lowest BCUT2D eigenvalue weighted by Gasteiger charge is -2.08. The molecule has 5 nitrogen and oxygen atoms in total. The number of rotatable bonds is 4. The quantitative estimate of drug-likeness (QED) is 0.504. The summed E-state index contributed by atoms with van der Waals surface area (Å²) in [7, 11) is 0. The van der Waals surface area contributed by atoms with Crippen molar-refractivity contribution in [2.24, 2.45) is 0 Å². The van der Waals surface area contributed by atoms with Gasteiger partial charge in [0, 0.05) is 21.8 Å². The van der Waals surface area contributed by atoms with E-state index < -0.39 is 12.1 Å². The van der Waals surface area contributed by atoms with Crippen molar-refractivity contribution < 1.29 is 9.53 Å². The van der Waals surface area contributed by atoms with Crippen LogP contribution >= 0.6 is 27.5 Å². The zero-order valence-electron chi connectivity index (χ0n) is 12.7. The number of carbonyl (C=O) groups is 1. The van der Waals surface area contributed by atoms with Crippen molar-refractivity contribution in [2.75, 3.05) is 0 Å². The molecule has 0 aliphatic heterocycles. The Morgan fingerprint density at radius 1 is 1.38 bits per heavy atom. The van der Waals surface area contributed by atoms with E-state index in [1.165, 1.54) is 6.08 Å². The molecule has 0 aliphatic rings. The first-order chi connectivity index (χ1) is 11.5. The second-order valence-electron chi connectivity index (χ2n) is 5.11. The number of pyridine rings is 1. The molecule has 0 bridgehead atoms. The first-order valence-electron chi connectivity index (χ1n) is 7.17. The minimum absolute atomic E-state index is 0.452. The minimum Gasteiger partial charge on any atom is -0.451 e. The number of carbonyl (C=O) groups excluding carboxylic acids is 1. The van der Waals surface area contributed by atoms with Crippen LogP contribution in [0.15, 0.2) is 47.1 Å². The number of imidazole rings is 1. The predicted octanol–water partition coefficient (Wildman–Crippen LogP) is 4.69. The number of fused-ring (bicyclic) bond motifs is 1. The molecule has 3 aromatic rings. The number of H-pyrrole nitrogens is 1. The number of hydrogen-bond donors (Lipinski definition) is 1. The van der Waals surface area contributed by atoms with E-state index in [0.717, 1.165) is 15.6 Å². The van der Waals surface area contributed by atoms with E-state index in [9.17, 15) is 4.79 Å². The van der Waals surface area contributed by atoms with Crippen LogP contribution in [-0.2, 0) is 9.53 Å². The molecule has 2 heterocycles. The fourth-order valence-corrected chi connectivity index (χ4v) is 2.55. The number of esters is 1. The predicted molar refractivity (Wildman–Crippen MR) is 96.6 cm³/mol. The number of aromatic nitrogens is 3. The maximum absolute atomic E-state index is 11.9. The topological polar surface area (TPSA) is 67.9 Å². The van der Waals surface area contributed by atoms with Crippen LogP contribution in [0.25, 0.3) is 17.2 Å². The number of nitrogens with one attached hydrogen (secondary N) is 1. The fraction of sp³-hybridized carbons (Fsp3) is 0.118. The summed E-state index contributed by atoms with van der Waals surface area (Å²) in [5, 5.41) is 0.647. The minimum atomic E-state index is -0.514. The number of halogens is 2. The highest BCUT2D eigenvalue weighted by atomic mass is 79.9. The van der Waals surface area contributed by atoms with Crippen molar-refractivity contribution in [2.45, 2.75) is 13.0 Å². The lowest BCUT2D eigenvalue weighted by molar-refractivity contribution is -0.142. The van der Waals surface area contributed by atoms with Gasteiger partial charge in [0.15, 0.2) is 11.8 Å². The van der Waals surface area contributed by atoms with Gasteiger partial charge in [0.1, 0.15) is 5.82 Å². The van der Waals surface area contributed by atoms with Gasteiger partial charge in [-0.1, -0.05) is 23.7 Å². The Morgan fingerprint density at radius 3 is 2.88 bits per heavy atom. The fourth-order valence-electron chi connectivity index (χ4n) is 2.09. The molecule has 1 aromatic carbocycles. The number of benzene rings is 1. The molecule has 2 aromatic heterocycles. The summed E-state index contributed by atoms with van der Waals surface area (Å²) >= 11 is 9.17. The molecule has 0 saturated carbocycles. The molecule has 0 radical (unpaired) electrons. The first kappa shape index (κ1) is 16.7. The van der Waals surface area contributed by atoms with Gasteiger partial charge in [0.05, 0.1) is 5.52 Å². The second-order valence-corrected chi connectivity index (χ2v) is 6.46. The van der Waals surface area contributed by atoms with E-state index in [0.29, 0.717) is 16.5 Å². The van der Waals surface area contributed by atoms with Crippen LogP contribution in [0.5, 0.6) is 0 Å². The molecule has 0 saturated heterocycles. The second kappa shape index (κ2) is 7.15. The highest BCUT2D eigenvalue weighted by Gasteiger charge is 2.15. The summed E-state index contributed by atoms with van der Waals surface area (Å²) in [6.45, 7) is 1.75. The van der Waals surface area contributed by atoms with E-state index in [1.807, 2.05) is 18.2 Å². The van der Waals surface area contributed by atoms with Gasteiger partial charge in [0.25, 0.3) is 0 Å². The molecule has 3 rings (SSSR count). The third-order valence-corrected chi connectivity index (χ3v) is 3.97. The monoisotopic (exact) mass is 405 g/mol. The SMILES string of the molecule is CC(OC(=O)/C=C/c1ccc(Cl)cc1)c1nc2ncc(Br)cc2[nH]1. The Balaban J connectivity index is 1.67.